The highest BCUT2D eigenvalue weighted by atomic mass is 16.1. The maximum Gasteiger partial charge on any atom is 0.222 e. The molecule has 1 fully saturated rings. The quantitative estimate of drug-likeness (QED) is 0.798. The number of aromatic nitrogens is 2. The summed E-state index contributed by atoms with van der Waals surface area (Å²) in [7, 11) is 0. The van der Waals surface area contributed by atoms with Gasteiger partial charge in [0.1, 0.15) is 11.6 Å². The highest BCUT2D eigenvalue weighted by Gasteiger charge is 2.27. The van der Waals surface area contributed by atoms with Crippen LogP contribution < -0.4 is 16.0 Å². The number of carbonyl (C=O) groups is 1. The first-order valence-electron chi connectivity index (χ1n) is 6.31. The lowest BCUT2D eigenvalue weighted by Crippen LogP contribution is -2.27. The minimum absolute atomic E-state index is 0.0703. The Morgan fingerprint density at radius 3 is 3.11 bits per heavy atom. The fourth-order valence-corrected chi connectivity index (χ4v) is 2.05. The SMILES string of the molecule is CCCNc1cncc(N2CCC(C(N)=O)C2)n1. The Bertz CT molecular complexity index is 423. The molecule has 98 valence electrons. The number of hydrogen-bond acceptors (Lipinski definition) is 5. The molecule has 1 aromatic heterocycles. The van der Waals surface area contributed by atoms with Gasteiger partial charge in [0.15, 0.2) is 0 Å². The van der Waals surface area contributed by atoms with E-state index >= 15 is 0 Å². The van der Waals surface area contributed by atoms with E-state index in [2.05, 4.69) is 27.1 Å². The standard InChI is InChI=1S/C12H19N5O/c1-2-4-15-10-6-14-7-11(16-10)17-5-3-9(8-17)12(13)18/h6-7,9H,2-5,8H2,1H3,(H2,13,18)(H,15,16). The van der Waals surface area contributed by atoms with Gasteiger partial charge in [0.05, 0.1) is 18.3 Å². The highest BCUT2D eigenvalue weighted by molar-refractivity contribution is 5.78. The fourth-order valence-electron chi connectivity index (χ4n) is 2.05. The Kier molecular flexibility index (Phi) is 3.96. The number of primary amides is 1. The molecular formula is C12H19N5O. The zero-order chi connectivity index (χ0) is 13.0. The number of nitrogens with two attached hydrogens (primary N) is 1. The summed E-state index contributed by atoms with van der Waals surface area (Å²) in [4.78, 5) is 21.8. The molecule has 0 spiro atoms. The van der Waals surface area contributed by atoms with Gasteiger partial charge in [-0.2, -0.15) is 0 Å². The average Bonchev–Trinajstić information content (AvgIpc) is 2.86. The molecule has 0 radical (unpaired) electrons. The van der Waals surface area contributed by atoms with Gasteiger partial charge in [-0.15, -0.1) is 0 Å². The molecule has 1 aliphatic heterocycles. The second-order valence-corrected chi connectivity index (χ2v) is 4.52. The first kappa shape index (κ1) is 12.6. The molecule has 2 heterocycles. The summed E-state index contributed by atoms with van der Waals surface area (Å²) in [5, 5.41) is 3.20. The van der Waals surface area contributed by atoms with E-state index in [1.54, 1.807) is 12.4 Å². The number of amides is 1. The van der Waals surface area contributed by atoms with Crippen LogP contribution in [-0.2, 0) is 4.79 Å². The van der Waals surface area contributed by atoms with Gasteiger partial charge in [-0.25, -0.2) is 4.98 Å². The lowest BCUT2D eigenvalue weighted by molar-refractivity contribution is -0.121. The van der Waals surface area contributed by atoms with Crippen LogP contribution in [0.2, 0.25) is 0 Å². The summed E-state index contributed by atoms with van der Waals surface area (Å²) >= 11 is 0. The first-order valence-corrected chi connectivity index (χ1v) is 6.31. The summed E-state index contributed by atoms with van der Waals surface area (Å²) < 4.78 is 0. The summed E-state index contributed by atoms with van der Waals surface area (Å²) in [5.74, 6) is 1.28. The van der Waals surface area contributed by atoms with Gasteiger partial charge in [0.25, 0.3) is 0 Å². The maximum absolute atomic E-state index is 11.1. The summed E-state index contributed by atoms with van der Waals surface area (Å²) in [6, 6.07) is 0. The van der Waals surface area contributed by atoms with E-state index in [0.717, 1.165) is 37.6 Å². The Hall–Kier alpha value is -1.85. The minimum Gasteiger partial charge on any atom is -0.369 e. The average molecular weight is 249 g/mol. The lowest BCUT2D eigenvalue weighted by atomic mass is 10.1. The van der Waals surface area contributed by atoms with Crippen molar-refractivity contribution in [3.05, 3.63) is 12.4 Å². The van der Waals surface area contributed by atoms with E-state index in [9.17, 15) is 4.79 Å². The van der Waals surface area contributed by atoms with Crippen molar-refractivity contribution in [1.29, 1.82) is 0 Å². The lowest BCUT2D eigenvalue weighted by Gasteiger charge is -2.17. The third-order valence-electron chi connectivity index (χ3n) is 3.09. The third kappa shape index (κ3) is 2.88. The monoisotopic (exact) mass is 249 g/mol. The number of anilines is 2. The van der Waals surface area contributed by atoms with Crippen LogP contribution in [-0.4, -0.2) is 35.5 Å². The van der Waals surface area contributed by atoms with E-state index in [4.69, 9.17) is 5.73 Å². The van der Waals surface area contributed by atoms with E-state index in [-0.39, 0.29) is 11.8 Å². The van der Waals surface area contributed by atoms with Crippen LogP contribution in [0.1, 0.15) is 19.8 Å². The van der Waals surface area contributed by atoms with Crippen LogP contribution in [0, 0.1) is 5.92 Å². The largest absolute Gasteiger partial charge is 0.369 e. The fraction of sp³-hybridized carbons (Fsp3) is 0.583. The van der Waals surface area contributed by atoms with Gasteiger partial charge in [0.2, 0.25) is 5.91 Å². The molecule has 0 aromatic carbocycles. The molecule has 0 aliphatic carbocycles. The topological polar surface area (TPSA) is 84.1 Å². The van der Waals surface area contributed by atoms with Crippen LogP contribution in [0.5, 0.6) is 0 Å². The molecule has 1 aromatic rings. The molecular weight excluding hydrogens is 230 g/mol. The van der Waals surface area contributed by atoms with Crippen LogP contribution in [0.15, 0.2) is 12.4 Å². The van der Waals surface area contributed by atoms with Crippen molar-refractivity contribution in [3.63, 3.8) is 0 Å². The summed E-state index contributed by atoms with van der Waals surface area (Å²) in [5.41, 5.74) is 5.32. The Balaban J connectivity index is 2.03. The molecule has 1 unspecified atom stereocenters. The van der Waals surface area contributed by atoms with Gasteiger partial charge in [-0.05, 0) is 12.8 Å². The molecule has 0 bridgehead atoms. The predicted octanol–water partition coefficient (Wildman–Crippen LogP) is 0.610. The second kappa shape index (κ2) is 5.66. The Labute approximate surface area is 107 Å². The summed E-state index contributed by atoms with van der Waals surface area (Å²) in [6.45, 7) is 4.42. The van der Waals surface area contributed by atoms with Crippen LogP contribution in [0.25, 0.3) is 0 Å². The van der Waals surface area contributed by atoms with E-state index < -0.39 is 0 Å². The molecule has 6 nitrogen and oxygen atoms in total. The zero-order valence-corrected chi connectivity index (χ0v) is 10.6. The van der Waals surface area contributed by atoms with E-state index in [1.807, 2.05) is 0 Å². The number of hydrogen-bond donors (Lipinski definition) is 2. The second-order valence-electron chi connectivity index (χ2n) is 4.52. The molecule has 1 saturated heterocycles. The number of carbonyl (C=O) groups excluding carboxylic acids is 1. The Morgan fingerprint density at radius 2 is 2.44 bits per heavy atom. The molecule has 2 rings (SSSR count). The highest BCUT2D eigenvalue weighted by Crippen LogP contribution is 2.22. The molecule has 1 amide bonds. The molecule has 1 atom stereocenters. The maximum atomic E-state index is 11.1. The molecule has 1 aliphatic rings. The van der Waals surface area contributed by atoms with Crippen molar-refractivity contribution >= 4 is 17.5 Å². The van der Waals surface area contributed by atoms with E-state index in [0.29, 0.717) is 6.54 Å². The van der Waals surface area contributed by atoms with Gasteiger partial charge in [-0.1, -0.05) is 6.92 Å². The van der Waals surface area contributed by atoms with Gasteiger partial charge in [0, 0.05) is 19.6 Å². The Morgan fingerprint density at radius 1 is 1.61 bits per heavy atom. The van der Waals surface area contributed by atoms with Crippen molar-refractivity contribution in [2.24, 2.45) is 11.7 Å². The van der Waals surface area contributed by atoms with Gasteiger partial charge >= 0.3 is 0 Å². The molecule has 3 N–H and O–H groups in total. The van der Waals surface area contributed by atoms with Crippen molar-refractivity contribution in [1.82, 2.24) is 9.97 Å². The van der Waals surface area contributed by atoms with Crippen molar-refractivity contribution in [2.75, 3.05) is 29.9 Å². The van der Waals surface area contributed by atoms with Gasteiger partial charge in [-0.3, -0.25) is 9.78 Å². The van der Waals surface area contributed by atoms with Crippen LogP contribution in [0.3, 0.4) is 0 Å². The molecule has 0 saturated carbocycles. The van der Waals surface area contributed by atoms with Crippen LogP contribution >= 0.6 is 0 Å². The van der Waals surface area contributed by atoms with Crippen LogP contribution in [0.4, 0.5) is 11.6 Å². The zero-order valence-electron chi connectivity index (χ0n) is 10.6. The smallest absolute Gasteiger partial charge is 0.222 e. The van der Waals surface area contributed by atoms with E-state index in [1.165, 1.54) is 0 Å². The molecule has 6 heteroatoms. The first-order chi connectivity index (χ1) is 8.70. The number of rotatable bonds is 5. The normalized spacial score (nSPS) is 18.9. The van der Waals surface area contributed by atoms with Gasteiger partial charge < -0.3 is 16.0 Å². The predicted molar refractivity (Wildman–Crippen MR) is 70.3 cm³/mol. The van der Waals surface area contributed by atoms with Crippen molar-refractivity contribution in [2.45, 2.75) is 19.8 Å². The summed E-state index contributed by atoms with van der Waals surface area (Å²) in [6.07, 6.45) is 5.27. The number of nitrogens with one attached hydrogen (secondary N) is 1. The number of nitrogens with zero attached hydrogens (tertiary/aromatic N) is 3. The minimum atomic E-state index is -0.231. The third-order valence-corrected chi connectivity index (χ3v) is 3.09. The molecule has 18 heavy (non-hydrogen) atoms. The van der Waals surface area contributed by atoms with Crippen molar-refractivity contribution < 1.29 is 4.79 Å². The van der Waals surface area contributed by atoms with Crippen molar-refractivity contribution in [3.8, 4) is 0 Å².